The van der Waals surface area contributed by atoms with Gasteiger partial charge in [-0.15, -0.1) is 0 Å². The highest BCUT2D eigenvalue weighted by Gasteiger charge is 2.46. The molecule has 2 aromatic carbocycles. The van der Waals surface area contributed by atoms with E-state index in [0.717, 1.165) is 19.3 Å². The molecule has 1 fully saturated rings. The Bertz CT molecular complexity index is 1110. The number of ketones is 1. The van der Waals surface area contributed by atoms with Gasteiger partial charge in [0.1, 0.15) is 11.5 Å². The Labute approximate surface area is 218 Å². The van der Waals surface area contributed by atoms with Crippen molar-refractivity contribution in [2.75, 3.05) is 40.6 Å². The van der Waals surface area contributed by atoms with E-state index in [9.17, 15) is 14.7 Å². The van der Waals surface area contributed by atoms with Crippen LogP contribution in [0.15, 0.2) is 48.0 Å². The molecule has 1 aliphatic rings. The number of nitrogens with zero attached hydrogens (tertiary/aromatic N) is 1. The molecule has 0 aromatic heterocycles. The number of unbranched alkanes of at least 4 members (excludes halogenated alkanes) is 1. The molecule has 8 heteroatoms. The van der Waals surface area contributed by atoms with E-state index in [1.54, 1.807) is 56.7 Å². The minimum Gasteiger partial charge on any atom is -0.507 e. The zero-order chi connectivity index (χ0) is 26.8. The van der Waals surface area contributed by atoms with Gasteiger partial charge in [0, 0.05) is 25.8 Å². The monoisotopic (exact) mass is 511 g/mol. The van der Waals surface area contributed by atoms with Crippen LogP contribution >= 0.6 is 0 Å². The molecular weight excluding hydrogens is 474 g/mol. The van der Waals surface area contributed by atoms with Gasteiger partial charge < -0.3 is 29.0 Å². The predicted molar refractivity (Wildman–Crippen MR) is 141 cm³/mol. The summed E-state index contributed by atoms with van der Waals surface area (Å²) in [7, 11) is 3.13. The standard InChI is InChI=1S/C29H37NO7/c1-5-7-17-37-23-13-12-20(19-24(23)35-4)26-25(28(32)29(33)30(26)14-9-16-34-3)27(31)21-10-8-11-22(18-21)36-15-6-2/h8,10-13,18-19,26,31H,5-7,9,14-17H2,1-4H3. The summed E-state index contributed by atoms with van der Waals surface area (Å²) >= 11 is 0. The number of aliphatic hydroxyl groups is 1. The third kappa shape index (κ3) is 6.63. The SMILES string of the molecule is CCCCOc1ccc(C2C(=C(O)c3cccc(OCCC)c3)C(=O)C(=O)N2CCCOC)cc1OC. The number of carbonyl (C=O) groups is 2. The zero-order valence-electron chi connectivity index (χ0n) is 22.1. The lowest BCUT2D eigenvalue weighted by molar-refractivity contribution is -0.140. The topological polar surface area (TPSA) is 94.5 Å². The lowest BCUT2D eigenvalue weighted by atomic mass is 9.95. The number of likely N-dealkylation sites (tertiary alicyclic amines) is 1. The van der Waals surface area contributed by atoms with Crippen molar-refractivity contribution < 1.29 is 33.6 Å². The van der Waals surface area contributed by atoms with E-state index in [0.29, 0.717) is 54.6 Å². The first-order chi connectivity index (χ1) is 18.0. The van der Waals surface area contributed by atoms with Gasteiger partial charge in [-0.05, 0) is 49.1 Å². The normalized spacial score (nSPS) is 16.8. The number of rotatable bonds is 14. The van der Waals surface area contributed by atoms with Crippen LogP contribution in [0.1, 0.15) is 56.7 Å². The van der Waals surface area contributed by atoms with Gasteiger partial charge in [-0.25, -0.2) is 0 Å². The van der Waals surface area contributed by atoms with Gasteiger partial charge in [0.05, 0.1) is 31.9 Å². The summed E-state index contributed by atoms with van der Waals surface area (Å²) in [6, 6.07) is 11.4. The molecule has 1 atom stereocenters. The number of hydrogen-bond donors (Lipinski definition) is 1. The second kappa shape index (κ2) is 13.7. The molecule has 0 saturated carbocycles. The van der Waals surface area contributed by atoms with E-state index < -0.39 is 17.7 Å². The summed E-state index contributed by atoms with van der Waals surface area (Å²) in [5.41, 5.74) is 1.06. The Kier molecular flexibility index (Phi) is 10.4. The van der Waals surface area contributed by atoms with Crippen LogP contribution < -0.4 is 14.2 Å². The number of amides is 1. The summed E-state index contributed by atoms with van der Waals surface area (Å²) in [5.74, 6) is 0.00183. The fourth-order valence-corrected chi connectivity index (χ4v) is 4.24. The van der Waals surface area contributed by atoms with E-state index >= 15 is 0 Å². The molecule has 1 aliphatic heterocycles. The van der Waals surface area contributed by atoms with Crippen molar-refractivity contribution in [3.8, 4) is 17.2 Å². The Morgan fingerprint density at radius 3 is 2.43 bits per heavy atom. The van der Waals surface area contributed by atoms with Gasteiger partial charge in [0.25, 0.3) is 11.7 Å². The third-order valence-electron chi connectivity index (χ3n) is 6.13. The third-order valence-corrected chi connectivity index (χ3v) is 6.13. The summed E-state index contributed by atoms with van der Waals surface area (Å²) < 4.78 is 22.3. The van der Waals surface area contributed by atoms with Crippen LogP contribution in [0.3, 0.4) is 0 Å². The summed E-state index contributed by atoms with van der Waals surface area (Å²) in [4.78, 5) is 27.9. The van der Waals surface area contributed by atoms with Crippen LogP contribution in [0.2, 0.25) is 0 Å². The van der Waals surface area contributed by atoms with E-state index in [-0.39, 0.29) is 17.9 Å². The van der Waals surface area contributed by atoms with Crippen LogP contribution in [-0.4, -0.2) is 62.3 Å². The Morgan fingerprint density at radius 1 is 0.919 bits per heavy atom. The maximum Gasteiger partial charge on any atom is 0.295 e. The van der Waals surface area contributed by atoms with E-state index in [1.807, 2.05) is 6.92 Å². The van der Waals surface area contributed by atoms with E-state index in [2.05, 4.69) is 6.92 Å². The van der Waals surface area contributed by atoms with Gasteiger partial charge >= 0.3 is 0 Å². The number of benzene rings is 2. The van der Waals surface area contributed by atoms with Crippen molar-refractivity contribution in [2.45, 2.75) is 45.6 Å². The first kappa shape index (κ1) is 28.1. The predicted octanol–water partition coefficient (Wildman–Crippen LogP) is 5.12. The molecule has 0 bridgehead atoms. The quantitative estimate of drug-likeness (QED) is 0.163. The van der Waals surface area contributed by atoms with Crippen LogP contribution in [0.4, 0.5) is 0 Å². The molecule has 3 rings (SSSR count). The molecule has 1 saturated heterocycles. The smallest absolute Gasteiger partial charge is 0.295 e. The van der Waals surface area contributed by atoms with Crippen molar-refractivity contribution in [2.24, 2.45) is 0 Å². The molecule has 0 radical (unpaired) electrons. The lowest BCUT2D eigenvalue weighted by Crippen LogP contribution is -2.31. The second-order valence-electron chi connectivity index (χ2n) is 8.83. The van der Waals surface area contributed by atoms with Gasteiger partial charge in [0.15, 0.2) is 11.5 Å². The largest absolute Gasteiger partial charge is 0.507 e. The van der Waals surface area contributed by atoms with Gasteiger partial charge in [0.2, 0.25) is 0 Å². The van der Waals surface area contributed by atoms with Crippen molar-refractivity contribution in [1.82, 2.24) is 4.90 Å². The van der Waals surface area contributed by atoms with Crippen molar-refractivity contribution >= 4 is 17.4 Å². The fourth-order valence-electron chi connectivity index (χ4n) is 4.24. The molecule has 1 N–H and O–H groups in total. The number of methoxy groups -OCH3 is 2. The van der Waals surface area contributed by atoms with Crippen LogP contribution in [0, 0.1) is 0 Å². The molecule has 0 spiro atoms. The summed E-state index contributed by atoms with van der Waals surface area (Å²) in [5, 5.41) is 11.3. The van der Waals surface area contributed by atoms with E-state index in [4.69, 9.17) is 18.9 Å². The van der Waals surface area contributed by atoms with Crippen molar-refractivity contribution in [3.05, 3.63) is 59.2 Å². The number of aliphatic hydroxyl groups excluding tert-OH is 1. The molecule has 200 valence electrons. The molecule has 1 amide bonds. The Morgan fingerprint density at radius 2 is 1.73 bits per heavy atom. The average molecular weight is 512 g/mol. The number of carbonyl (C=O) groups excluding carboxylic acids is 2. The van der Waals surface area contributed by atoms with Crippen LogP contribution in [0.5, 0.6) is 17.2 Å². The van der Waals surface area contributed by atoms with Gasteiger partial charge in [-0.2, -0.15) is 0 Å². The average Bonchev–Trinajstić information content (AvgIpc) is 3.17. The number of ether oxygens (including phenoxy) is 4. The van der Waals surface area contributed by atoms with Crippen molar-refractivity contribution in [1.29, 1.82) is 0 Å². The van der Waals surface area contributed by atoms with Gasteiger partial charge in [-0.1, -0.05) is 38.5 Å². The Balaban J connectivity index is 2.08. The summed E-state index contributed by atoms with van der Waals surface area (Å²) in [6.07, 6.45) is 3.28. The second-order valence-corrected chi connectivity index (χ2v) is 8.83. The minimum atomic E-state index is -0.796. The first-order valence-electron chi connectivity index (χ1n) is 12.8. The lowest BCUT2D eigenvalue weighted by Gasteiger charge is -2.26. The maximum absolute atomic E-state index is 13.3. The molecular formula is C29H37NO7. The molecule has 1 unspecified atom stereocenters. The highest BCUT2D eigenvalue weighted by atomic mass is 16.5. The summed E-state index contributed by atoms with van der Waals surface area (Å²) in [6.45, 7) is 5.89. The van der Waals surface area contributed by atoms with Gasteiger partial charge in [-0.3, -0.25) is 9.59 Å². The molecule has 1 heterocycles. The van der Waals surface area contributed by atoms with Crippen LogP contribution in [-0.2, 0) is 14.3 Å². The first-order valence-corrected chi connectivity index (χ1v) is 12.8. The highest BCUT2D eigenvalue weighted by Crippen LogP contribution is 2.42. The van der Waals surface area contributed by atoms with Crippen LogP contribution in [0.25, 0.3) is 5.76 Å². The molecule has 0 aliphatic carbocycles. The highest BCUT2D eigenvalue weighted by molar-refractivity contribution is 6.46. The van der Waals surface area contributed by atoms with E-state index in [1.165, 1.54) is 4.90 Å². The molecule has 8 nitrogen and oxygen atoms in total. The minimum absolute atomic E-state index is 0.0248. The fraction of sp³-hybridized carbons (Fsp3) is 0.448. The molecule has 2 aromatic rings. The zero-order valence-corrected chi connectivity index (χ0v) is 22.1. The maximum atomic E-state index is 13.3. The number of Topliss-reactive ketones (excluding diaryl/α,β-unsaturated/α-hetero) is 1. The van der Waals surface area contributed by atoms with Crippen molar-refractivity contribution in [3.63, 3.8) is 0 Å². The number of hydrogen-bond acceptors (Lipinski definition) is 7. The molecule has 37 heavy (non-hydrogen) atoms. The Hall–Kier alpha value is -3.52.